The summed E-state index contributed by atoms with van der Waals surface area (Å²) < 4.78 is 1.70. The van der Waals surface area contributed by atoms with Crippen LogP contribution in [0, 0.1) is 0 Å². The Morgan fingerprint density at radius 1 is 1.12 bits per heavy atom. The molecule has 0 aromatic carbocycles. The molecule has 8 heteroatoms. The van der Waals surface area contributed by atoms with Crippen LogP contribution in [0.3, 0.4) is 0 Å². The molecule has 2 aromatic rings. The molecule has 0 radical (unpaired) electrons. The topological polar surface area (TPSA) is 97.2 Å². The Balaban J connectivity index is 1.47. The van der Waals surface area contributed by atoms with Gasteiger partial charge in [0.05, 0.1) is 12.2 Å². The van der Waals surface area contributed by atoms with Crippen LogP contribution >= 0.6 is 0 Å². The first kappa shape index (κ1) is 15.9. The Morgan fingerprint density at radius 2 is 1.92 bits per heavy atom. The minimum absolute atomic E-state index is 0.190. The van der Waals surface area contributed by atoms with Gasteiger partial charge in [-0.2, -0.15) is 5.10 Å². The molecule has 0 spiro atoms. The zero-order valence-corrected chi connectivity index (χ0v) is 13.0. The second-order valence-electron chi connectivity index (χ2n) is 5.40. The maximum Gasteiger partial charge on any atom is 0.240 e. The van der Waals surface area contributed by atoms with Crippen LogP contribution in [-0.4, -0.2) is 50.5 Å². The van der Waals surface area contributed by atoms with E-state index < -0.39 is 0 Å². The van der Waals surface area contributed by atoms with E-state index in [1.165, 1.54) is 0 Å². The van der Waals surface area contributed by atoms with E-state index in [0.29, 0.717) is 13.1 Å². The summed E-state index contributed by atoms with van der Waals surface area (Å²) in [5.41, 5.74) is 1.54. The van der Waals surface area contributed by atoms with Gasteiger partial charge in [-0.05, 0) is 18.2 Å². The predicted molar refractivity (Wildman–Crippen MR) is 84.4 cm³/mol. The standard InChI is InChI=1S/C16H17N5O3/c22-14(11-21-15(23)4-5-16(21)24)18-8-10-20-9-6-13(19-20)12-3-1-2-7-17-12/h1-3,6-7,9H,4-5,8,10-11H2,(H,18,22). The van der Waals surface area contributed by atoms with Gasteiger partial charge in [-0.15, -0.1) is 0 Å². The first-order valence-corrected chi connectivity index (χ1v) is 7.68. The van der Waals surface area contributed by atoms with Crippen molar-refractivity contribution < 1.29 is 14.4 Å². The second-order valence-corrected chi connectivity index (χ2v) is 5.40. The number of carbonyl (C=O) groups excluding carboxylic acids is 3. The molecule has 1 aliphatic heterocycles. The number of rotatable bonds is 6. The Bertz CT molecular complexity index is 740. The molecule has 124 valence electrons. The molecule has 24 heavy (non-hydrogen) atoms. The fraction of sp³-hybridized carbons (Fsp3) is 0.312. The number of nitrogens with one attached hydrogen (secondary N) is 1. The molecule has 0 atom stereocenters. The van der Waals surface area contributed by atoms with Gasteiger partial charge < -0.3 is 5.32 Å². The van der Waals surface area contributed by atoms with E-state index in [2.05, 4.69) is 15.4 Å². The third-order valence-corrected chi connectivity index (χ3v) is 3.69. The summed E-state index contributed by atoms with van der Waals surface area (Å²) in [6.45, 7) is 0.634. The summed E-state index contributed by atoms with van der Waals surface area (Å²) in [6, 6.07) is 7.46. The molecular formula is C16H17N5O3. The largest absolute Gasteiger partial charge is 0.353 e. The van der Waals surface area contributed by atoms with Crippen molar-refractivity contribution in [1.82, 2.24) is 25.0 Å². The minimum Gasteiger partial charge on any atom is -0.353 e. The van der Waals surface area contributed by atoms with E-state index in [4.69, 9.17) is 0 Å². The van der Waals surface area contributed by atoms with Gasteiger partial charge in [0.15, 0.2) is 0 Å². The van der Waals surface area contributed by atoms with Crippen LogP contribution in [0.25, 0.3) is 11.4 Å². The lowest BCUT2D eigenvalue weighted by atomic mass is 10.3. The number of hydrogen-bond acceptors (Lipinski definition) is 5. The van der Waals surface area contributed by atoms with Gasteiger partial charge in [-0.1, -0.05) is 6.07 Å². The fourth-order valence-corrected chi connectivity index (χ4v) is 2.45. The monoisotopic (exact) mass is 327 g/mol. The van der Waals surface area contributed by atoms with E-state index in [9.17, 15) is 14.4 Å². The van der Waals surface area contributed by atoms with Gasteiger partial charge >= 0.3 is 0 Å². The number of nitrogens with zero attached hydrogens (tertiary/aromatic N) is 4. The summed E-state index contributed by atoms with van der Waals surface area (Å²) in [7, 11) is 0. The van der Waals surface area contributed by atoms with E-state index in [1.54, 1.807) is 10.9 Å². The van der Waals surface area contributed by atoms with Crippen molar-refractivity contribution in [3.63, 3.8) is 0 Å². The number of pyridine rings is 1. The van der Waals surface area contributed by atoms with Crippen molar-refractivity contribution in [2.45, 2.75) is 19.4 Å². The highest BCUT2D eigenvalue weighted by molar-refractivity contribution is 6.04. The molecule has 0 unspecified atom stereocenters. The second kappa shape index (κ2) is 7.03. The SMILES string of the molecule is O=C(CN1C(=O)CCC1=O)NCCn1ccc(-c2ccccn2)n1. The van der Waals surface area contributed by atoms with E-state index >= 15 is 0 Å². The average Bonchev–Trinajstić information content (AvgIpc) is 3.18. The predicted octanol–water partition coefficient (Wildman–Crippen LogP) is 0.210. The van der Waals surface area contributed by atoms with Crippen LogP contribution in [-0.2, 0) is 20.9 Å². The molecular weight excluding hydrogens is 310 g/mol. The molecule has 1 aliphatic rings. The molecule has 0 saturated carbocycles. The number of likely N-dealkylation sites (tertiary alicyclic amines) is 1. The highest BCUT2D eigenvalue weighted by Crippen LogP contribution is 2.12. The van der Waals surface area contributed by atoms with Crippen molar-refractivity contribution in [2.24, 2.45) is 0 Å². The van der Waals surface area contributed by atoms with Crippen LogP contribution in [0.5, 0.6) is 0 Å². The number of hydrogen-bond donors (Lipinski definition) is 1. The Hall–Kier alpha value is -3.03. The zero-order chi connectivity index (χ0) is 16.9. The summed E-state index contributed by atoms with van der Waals surface area (Å²) in [5, 5.41) is 7.08. The maximum absolute atomic E-state index is 11.8. The van der Waals surface area contributed by atoms with Crippen LogP contribution in [0.1, 0.15) is 12.8 Å². The van der Waals surface area contributed by atoms with Crippen molar-refractivity contribution in [2.75, 3.05) is 13.1 Å². The summed E-state index contributed by atoms with van der Waals surface area (Å²) in [6.07, 6.45) is 3.89. The molecule has 3 amide bonds. The van der Waals surface area contributed by atoms with E-state index in [1.807, 2.05) is 30.5 Å². The first-order valence-electron chi connectivity index (χ1n) is 7.68. The Kier molecular flexibility index (Phi) is 4.64. The van der Waals surface area contributed by atoms with Gasteiger partial charge in [0.1, 0.15) is 12.2 Å². The zero-order valence-electron chi connectivity index (χ0n) is 13.0. The lowest BCUT2D eigenvalue weighted by Gasteiger charge is -2.13. The molecule has 8 nitrogen and oxygen atoms in total. The Labute approximate surface area is 138 Å². The smallest absolute Gasteiger partial charge is 0.240 e. The van der Waals surface area contributed by atoms with Gasteiger partial charge in [0.2, 0.25) is 17.7 Å². The molecule has 0 aliphatic carbocycles. The number of aromatic nitrogens is 3. The molecule has 3 rings (SSSR count). The molecule has 2 aromatic heterocycles. The average molecular weight is 327 g/mol. The van der Waals surface area contributed by atoms with Crippen molar-refractivity contribution >= 4 is 17.7 Å². The molecule has 0 bridgehead atoms. The van der Waals surface area contributed by atoms with Crippen molar-refractivity contribution in [3.8, 4) is 11.4 Å². The summed E-state index contributed by atoms with van der Waals surface area (Å²) in [5.74, 6) is -0.930. The van der Waals surface area contributed by atoms with Crippen LogP contribution in [0.15, 0.2) is 36.7 Å². The number of carbonyl (C=O) groups is 3. The molecule has 1 saturated heterocycles. The number of imide groups is 1. The lowest BCUT2D eigenvalue weighted by Crippen LogP contribution is -2.40. The first-order chi connectivity index (χ1) is 11.6. The van der Waals surface area contributed by atoms with Crippen molar-refractivity contribution in [3.05, 3.63) is 36.7 Å². The third kappa shape index (κ3) is 3.65. The van der Waals surface area contributed by atoms with Gasteiger partial charge in [-0.25, -0.2) is 0 Å². The van der Waals surface area contributed by atoms with Crippen LogP contribution in [0.4, 0.5) is 0 Å². The van der Waals surface area contributed by atoms with E-state index in [0.717, 1.165) is 16.3 Å². The van der Waals surface area contributed by atoms with Gasteiger partial charge in [0, 0.05) is 31.8 Å². The quantitative estimate of drug-likeness (QED) is 0.765. The van der Waals surface area contributed by atoms with Crippen LogP contribution in [0.2, 0.25) is 0 Å². The maximum atomic E-state index is 11.8. The highest BCUT2D eigenvalue weighted by Gasteiger charge is 2.30. The third-order valence-electron chi connectivity index (χ3n) is 3.69. The Morgan fingerprint density at radius 3 is 2.62 bits per heavy atom. The summed E-state index contributed by atoms with van der Waals surface area (Å²) >= 11 is 0. The van der Waals surface area contributed by atoms with E-state index in [-0.39, 0.29) is 37.1 Å². The summed E-state index contributed by atoms with van der Waals surface area (Å²) in [4.78, 5) is 40.0. The minimum atomic E-state index is -0.351. The van der Waals surface area contributed by atoms with Crippen LogP contribution < -0.4 is 5.32 Å². The van der Waals surface area contributed by atoms with Gasteiger partial charge in [0.25, 0.3) is 0 Å². The number of amides is 3. The molecule has 1 N–H and O–H groups in total. The molecule has 1 fully saturated rings. The van der Waals surface area contributed by atoms with Crippen molar-refractivity contribution in [1.29, 1.82) is 0 Å². The normalized spacial score (nSPS) is 14.2. The fourth-order valence-electron chi connectivity index (χ4n) is 2.45. The van der Waals surface area contributed by atoms with Gasteiger partial charge in [-0.3, -0.25) is 28.9 Å². The molecule has 3 heterocycles. The highest BCUT2D eigenvalue weighted by atomic mass is 16.2. The lowest BCUT2D eigenvalue weighted by molar-refractivity contribution is -0.142.